The third-order valence-electron chi connectivity index (χ3n) is 5.28. The first-order valence-electron chi connectivity index (χ1n) is 9.84. The molecule has 2 heterocycles. The Morgan fingerprint density at radius 3 is 2.52 bits per heavy atom. The predicted molar refractivity (Wildman–Crippen MR) is 122 cm³/mol. The van der Waals surface area contributed by atoms with E-state index in [0.717, 1.165) is 11.3 Å². The van der Waals surface area contributed by atoms with E-state index < -0.39 is 22.5 Å². The highest BCUT2D eigenvalue weighted by atomic mass is 32.1. The lowest BCUT2D eigenvalue weighted by Crippen LogP contribution is -2.39. The zero-order valence-corrected chi connectivity index (χ0v) is 18.8. The number of fused-ring (bicyclic) bond motifs is 1. The van der Waals surface area contributed by atoms with Crippen LogP contribution in [-0.4, -0.2) is 29.7 Å². The molecule has 0 saturated carbocycles. The molecule has 0 aliphatic carbocycles. The number of hydrogen-bond acceptors (Lipinski definition) is 8. The van der Waals surface area contributed by atoms with E-state index in [1.54, 1.807) is 56.5 Å². The van der Waals surface area contributed by atoms with E-state index >= 15 is 0 Å². The van der Waals surface area contributed by atoms with Crippen LogP contribution in [0.1, 0.15) is 24.1 Å². The SMILES string of the molecule is COC(=O)C1=C(C)N=c2s/c(=C\c3ccccc3[N+](=O)[O-])c(=O)n2[C@@H]1c1ccc(OC)cc1. The third-order valence-corrected chi connectivity index (χ3v) is 6.26. The standard InChI is InChI=1S/C23H19N3O6S/c1-13-19(22(28)32-3)20(14-8-10-16(31-2)11-9-14)25-21(27)18(33-23(25)24-13)12-15-6-4-5-7-17(15)26(29)30/h4-12,20H,1-3H3/b18-12-/t20-/m1/s1. The molecule has 0 saturated heterocycles. The summed E-state index contributed by atoms with van der Waals surface area (Å²) in [6, 6.07) is 12.4. The van der Waals surface area contributed by atoms with Crippen LogP contribution in [0.2, 0.25) is 0 Å². The fourth-order valence-electron chi connectivity index (χ4n) is 3.71. The molecule has 4 rings (SSSR count). The van der Waals surface area contributed by atoms with Gasteiger partial charge in [-0.3, -0.25) is 19.5 Å². The molecule has 0 radical (unpaired) electrons. The number of nitro benzene ring substituents is 1. The van der Waals surface area contributed by atoms with Gasteiger partial charge < -0.3 is 9.47 Å². The van der Waals surface area contributed by atoms with Gasteiger partial charge in [0.2, 0.25) is 0 Å². The predicted octanol–water partition coefficient (Wildman–Crippen LogP) is 2.33. The van der Waals surface area contributed by atoms with Crippen molar-refractivity contribution in [3.05, 3.63) is 101 Å². The Bertz CT molecular complexity index is 1470. The first-order chi connectivity index (χ1) is 15.8. The summed E-state index contributed by atoms with van der Waals surface area (Å²) < 4.78 is 11.9. The van der Waals surface area contributed by atoms with Gasteiger partial charge in [0.05, 0.1) is 46.6 Å². The number of rotatable bonds is 5. The van der Waals surface area contributed by atoms with Crippen LogP contribution in [0, 0.1) is 10.1 Å². The molecule has 9 nitrogen and oxygen atoms in total. The first kappa shape index (κ1) is 22.2. The number of carbonyl (C=O) groups is 1. The van der Waals surface area contributed by atoms with E-state index in [1.807, 2.05) is 0 Å². The summed E-state index contributed by atoms with van der Waals surface area (Å²) in [5.41, 5.74) is 1.13. The lowest BCUT2D eigenvalue weighted by molar-refractivity contribution is -0.385. The molecule has 10 heteroatoms. The number of nitro groups is 1. The summed E-state index contributed by atoms with van der Waals surface area (Å²) in [7, 11) is 2.82. The Morgan fingerprint density at radius 1 is 1.18 bits per heavy atom. The third kappa shape index (κ3) is 3.96. The summed E-state index contributed by atoms with van der Waals surface area (Å²) in [5, 5.41) is 11.4. The molecule has 2 aromatic carbocycles. The Morgan fingerprint density at radius 2 is 1.88 bits per heavy atom. The fraction of sp³-hybridized carbons (Fsp3) is 0.174. The molecule has 0 unspecified atom stereocenters. The van der Waals surface area contributed by atoms with Gasteiger partial charge in [-0.2, -0.15) is 0 Å². The number of allylic oxidation sites excluding steroid dienone is 1. The second-order valence-corrected chi connectivity index (χ2v) is 8.17. The summed E-state index contributed by atoms with van der Waals surface area (Å²) in [6.45, 7) is 1.68. The molecular formula is C23H19N3O6S. The lowest BCUT2D eigenvalue weighted by atomic mass is 9.96. The number of hydrogen-bond donors (Lipinski definition) is 0. The van der Waals surface area contributed by atoms with Crippen LogP contribution in [0.25, 0.3) is 6.08 Å². The summed E-state index contributed by atoms with van der Waals surface area (Å²) in [5.74, 6) is 0.0351. The average molecular weight is 465 g/mol. The van der Waals surface area contributed by atoms with Gasteiger partial charge >= 0.3 is 5.97 Å². The average Bonchev–Trinajstić information content (AvgIpc) is 3.12. The van der Waals surface area contributed by atoms with E-state index in [1.165, 1.54) is 23.8 Å². The van der Waals surface area contributed by atoms with Gasteiger partial charge in [0.25, 0.3) is 11.2 Å². The van der Waals surface area contributed by atoms with E-state index in [9.17, 15) is 19.7 Å². The number of para-hydroxylation sites is 1. The maximum atomic E-state index is 13.5. The van der Waals surface area contributed by atoms with E-state index in [-0.39, 0.29) is 15.8 Å². The van der Waals surface area contributed by atoms with Crippen molar-refractivity contribution in [2.24, 2.45) is 4.99 Å². The molecule has 0 fully saturated rings. The van der Waals surface area contributed by atoms with Gasteiger partial charge in [0.1, 0.15) is 5.75 Å². The highest BCUT2D eigenvalue weighted by molar-refractivity contribution is 7.07. The minimum atomic E-state index is -0.771. The fourth-order valence-corrected chi connectivity index (χ4v) is 4.75. The van der Waals surface area contributed by atoms with Gasteiger partial charge in [0, 0.05) is 6.07 Å². The molecular weight excluding hydrogens is 446 g/mol. The van der Waals surface area contributed by atoms with Crippen LogP contribution in [0.5, 0.6) is 5.75 Å². The minimum absolute atomic E-state index is 0.110. The topological polar surface area (TPSA) is 113 Å². The maximum Gasteiger partial charge on any atom is 0.338 e. The molecule has 3 aromatic rings. The van der Waals surface area contributed by atoms with Crippen molar-refractivity contribution in [3.63, 3.8) is 0 Å². The monoisotopic (exact) mass is 465 g/mol. The zero-order chi connectivity index (χ0) is 23.7. The molecule has 1 aromatic heterocycles. The Balaban J connectivity index is 1.98. The van der Waals surface area contributed by atoms with Crippen LogP contribution in [0.3, 0.4) is 0 Å². The van der Waals surface area contributed by atoms with Gasteiger partial charge in [0.15, 0.2) is 4.80 Å². The Kier molecular flexibility index (Phi) is 5.93. The van der Waals surface area contributed by atoms with Crippen LogP contribution < -0.4 is 19.6 Å². The molecule has 1 aliphatic rings. The second-order valence-electron chi connectivity index (χ2n) is 7.16. The van der Waals surface area contributed by atoms with E-state index in [4.69, 9.17) is 9.47 Å². The van der Waals surface area contributed by atoms with Crippen molar-refractivity contribution < 1.29 is 19.2 Å². The van der Waals surface area contributed by atoms with Crippen LogP contribution >= 0.6 is 11.3 Å². The van der Waals surface area contributed by atoms with Gasteiger partial charge in [-0.05, 0) is 36.8 Å². The number of esters is 1. The summed E-state index contributed by atoms with van der Waals surface area (Å²) in [6.07, 6.45) is 1.48. The molecule has 1 atom stereocenters. The number of nitrogens with zero attached hydrogens (tertiary/aromatic N) is 3. The molecule has 1 aliphatic heterocycles. The van der Waals surface area contributed by atoms with Crippen molar-refractivity contribution in [2.45, 2.75) is 13.0 Å². The van der Waals surface area contributed by atoms with Crippen LogP contribution in [-0.2, 0) is 9.53 Å². The van der Waals surface area contributed by atoms with Crippen molar-refractivity contribution in [1.82, 2.24) is 4.57 Å². The first-order valence-corrected chi connectivity index (χ1v) is 10.7. The summed E-state index contributed by atoms with van der Waals surface area (Å²) in [4.78, 5) is 41.9. The molecule has 0 spiro atoms. The second kappa shape index (κ2) is 8.83. The molecule has 168 valence electrons. The number of ether oxygens (including phenoxy) is 2. The Hall–Kier alpha value is -4.05. The highest BCUT2D eigenvalue weighted by Gasteiger charge is 2.33. The molecule has 33 heavy (non-hydrogen) atoms. The van der Waals surface area contributed by atoms with Crippen molar-refractivity contribution in [2.75, 3.05) is 14.2 Å². The van der Waals surface area contributed by atoms with Gasteiger partial charge in [-0.15, -0.1) is 0 Å². The lowest BCUT2D eigenvalue weighted by Gasteiger charge is -2.24. The van der Waals surface area contributed by atoms with Gasteiger partial charge in [-0.1, -0.05) is 35.6 Å². The van der Waals surface area contributed by atoms with Crippen molar-refractivity contribution in [1.29, 1.82) is 0 Å². The summed E-state index contributed by atoms with van der Waals surface area (Å²) >= 11 is 1.10. The largest absolute Gasteiger partial charge is 0.497 e. The van der Waals surface area contributed by atoms with E-state index in [0.29, 0.717) is 27.4 Å². The van der Waals surface area contributed by atoms with Crippen LogP contribution in [0.15, 0.2) is 69.6 Å². The van der Waals surface area contributed by atoms with Crippen molar-refractivity contribution >= 4 is 29.1 Å². The van der Waals surface area contributed by atoms with Gasteiger partial charge in [-0.25, -0.2) is 9.79 Å². The van der Waals surface area contributed by atoms with Crippen molar-refractivity contribution in [3.8, 4) is 5.75 Å². The normalized spacial score (nSPS) is 15.6. The maximum absolute atomic E-state index is 13.5. The van der Waals surface area contributed by atoms with E-state index in [2.05, 4.69) is 4.99 Å². The molecule has 0 N–H and O–H groups in total. The number of aromatic nitrogens is 1. The Labute approximate surface area is 191 Å². The molecule has 0 bridgehead atoms. The quantitative estimate of drug-likeness (QED) is 0.325. The number of benzene rings is 2. The number of thiazole rings is 1. The number of methoxy groups -OCH3 is 2. The smallest absolute Gasteiger partial charge is 0.338 e. The van der Waals surface area contributed by atoms with Crippen LogP contribution in [0.4, 0.5) is 5.69 Å². The zero-order valence-electron chi connectivity index (χ0n) is 18.0. The number of carbonyl (C=O) groups excluding carboxylic acids is 1. The minimum Gasteiger partial charge on any atom is -0.497 e. The highest BCUT2D eigenvalue weighted by Crippen LogP contribution is 2.31. The molecule has 0 amide bonds.